The molecule has 0 atom stereocenters. The normalized spacial score (nSPS) is 10.7. The highest BCUT2D eigenvalue weighted by Crippen LogP contribution is 2.24. The molecule has 0 aliphatic rings. The predicted molar refractivity (Wildman–Crippen MR) is 65.7 cm³/mol. The van der Waals surface area contributed by atoms with E-state index in [1.807, 2.05) is 0 Å². The largest absolute Gasteiger partial charge is 0.497 e. The maximum atomic E-state index is 13.7. The van der Waals surface area contributed by atoms with Crippen LogP contribution in [-0.2, 0) is 19.1 Å². The number of carbonyl (C=O) groups excluding carboxylic acids is 2. The summed E-state index contributed by atoms with van der Waals surface area (Å²) in [6, 6.07) is 3.76. The zero-order chi connectivity index (χ0) is 15.1. The summed E-state index contributed by atoms with van der Waals surface area (Å²) >= 11 is 0. The Bertz CT molecular complexity index is 538. The first-order chi connectivity index (χ1) is 9.51. The third-order valence-electron chi connectivity index (χ3n) is 2.20. The fourth-order valence-corrected chi connectivity index (χ4v) is 1.21. The van der Waals surface area contributed by atoms with Crippen molar-refractivity contribution in [2.45, 2.75) is 0 Å². The summed E-state index contributed by atoms with van der Waals surface area (Å²) in [7, 11) is 3.61. The fraction of sp³-hybridized carbons (Fsp3) is 0.231. The van der Waals surface area contributed by atoms with Gasteiger partial charge in [0.25, 0.3) is 0 Å². The summed E-state index contributed by atoms with van der Waals surface area (Å²) in [5, 5.41) is 0. The van der Waals surface area contributed by atoms with Crippen molar-refractivity contribution < 1.29 is 32.9 Å². The zero-order valence-corrected chi connectivity index (χ0v) is 11.1. The number of methoxy groups -OCH3 is 3. The van der Waals surface area contributed by atoms with Crippen molar-refractivity contribution in [2.75, 3.05) is 21.3 Å². The number of ether oxygens (including phenoxy) is 4. The maximum Gasteiger partial charge on any atom is 0.374 e. The first kappa shape index (κ1) is 15.5. The fourth-order valence-electron chi connectivity index (χ4n) is 1.21. The minimum atomic E-state index is -0.939. The van der Waals surface area contributed by atoms with Gasteiger partial charge in [0.15, 0.2) is 11.6 Å². The van der Waals surface area contributed by atoms with Crippen LogP contribution < -0.4 is 9.47 Å². The molecule has 0 fully saturated rings. The number of esters is 2. The lowest BCUT2D eigenvalue weighted by atomic mass is 10.3. The molecule has 1 aromatic carbocycles. The molecule has 0 spiro atoms. The molecule has 0 amide bonds. The Balaban J connectivity index is 3.04. The van der Waals surface area contributed by atoms with Crippen LogP contribution in [0.15, 0.2) is 30.0 Å². The monoisotopic (exact) mass is 284 g/mol. The first-order valence-corrected chi connectivity index (χ1v) is 5.41. The van der Waals surface area contributed by atoms with Crippen molar-refractivity contribution in [1.29, 1.82) is 0 Å². The molecular weight excluding hydrogens is 271 g/mol. The van der Waals surface area contributed by atoms with Gasteiger partial charge in [-0.3, -0.25) is 0 Å². The molecule has 0 aliphatic carbocycles. The van der Waals surface area contributed by atoms with E-state index < -0.39 is 23.5 Å². The van der Waals surface area contributed by atoms with Gasteiger partial charge in [-0.05, 0) is 12.1 Å². The van der Waals surface area contributed by atoms with Gasteiger partial charge in [-0.15, -0.1) is 0 Å². The molecule has 0 radical (unpaired) electrons. The van der Waals surface area contributed by atoms with Gasteiger partial charge >= 0.3 is 11.9 Å². The third-order valence-corrected chi connectivity index (χ3v) is 2.20. The van der Waals surface area contributed by atoms with E-state index in [0.717, 1.165) is 26.4 Å². The van der Waals surface area contributed by atoms with Gasteiger partial charge in [0, 0.05) is 6.07 Å². The number of halogens is 1. The van der Waals surface area contributed by atoms with Crippen LogP contribution in [0.25, 0.3) is 0 Å². The topological polar surface area (TPSA) is 71.1 Å². The summed E-state index contributed by atoms with van der Waals surface area (Å²) in [6.07, 6.45) is 0.759. The van der Waals surface area contributed by atoms with Gasteiger partial charge in [0.2, 0.25) is 5.76 Å². The second kappa shape index (κ2) is 7.13. The Kier molecular flexibility index (Phi) is 5.52. The lowest BCUT2D eigenvalue weighted by Crippen LogP contribution is -2.14. The number of carbonyl (C=O) groups is 2. The van der Waals surface area contributed by atoms with E-state index in [2.05, 4.69) is 9.47 Å². The van der Waals surface area contributed by atoms with Crippen LogP contribution in [0.3, 0.4) is 0 Å². The van der Waals surface area contributed by atoms with E-state index in [9.17, 15) is 14.0 Å². The smallest absolute Gasteiger partial charge is 0.374 e. The Labute approximate surface area is 114 Å². The molecule has 1 rings (SSSR count). The van der Waals surface area contributed by atoms with Crippen molar-refractivity contribution in [1.82, 2.24) is 0 Å². The average molecular weight is 284 g/mol. The number of hydrogen-bond acceptors (Lipinski definition) is 6. The molecule has 7 heteroatoms. The molecule has 0 unspecified atom stereocenters. The van der Waals surface area contributed by atoms with Gasteiger partial charge in [-0.1, -0.05) is 0 Å². The minimum Gasteiger partial charge on any atom is -0.497 e. The van der Waals surface area contributed by atoms with Crippen molar-refractivity contribution in [2.24, 2.45) is 0 Å². The van der Waals surface area contributed by atoms with E-state index >= 15 is 0 Å². The Morgan fingerprint density at radius 3 is 2.35 bits per heavy atom. The van der Waals surface area contributed by atoms with Crippen LogP contribution in [-0.4, -0.2) is 33.3 Å². The number of hydrogen-bond donors (Lipinski definition) is 0. The maximum absolute atomic E-state index is 13.7. The van der Waals surface area contributed by atoms with Crippen LogP contribution >= 0.6 is 0 Å². The van der Waals surface area contributed by atoms with Crippen LogP contribution in [0, 0.1) is 5.82 Å². The van der Waals surface area contributed by atoms with Crippen LogP contribution in [0.5, 0.6) is 11.5 Å². The summed E-state index contributed by atoms with van der Waals surface area (Å²) in [4.78, 5) is 22.5. The second-order valence-corrected chi connectivity index (χ2v) is 3.42. The zero-order valence-electron chi connectivity index (χ0n) is 11.1. The lowest BCUT2D eigenvalue weighted by molar-refractivity contribution is -0.140. The lowest BCUT2D eigenvalue weighted by Gasteiger charge is -2.09. The molecule has 0 aliphatic heterocycles. The molecule has 0 bridgehead atoms. The summed E-state index contributed by atoms with van der Waals surface area (Å²) in [6.45, 7) is 0. The van der Waals surface area contributed by atoms with Crippen LogP contribution in [0.4, 0.5) is 4.39 Å². The molecule has 6 nitrogen and oxygen atoms in total. The molecule has 0 aromatic heterocycles. The van der Waals surface area contributed by atoms with Gasteiger partial charge in [0.1, 0.15) is 5.75 Å². The van der Waals surface area contributed by atoms with Crippen molar-refractivity contribution in [3.63, 3.8) is 0 Å². The van der Waals surface area contributed by atoms with E-state index in [1.54, 1.807) is 0 Å². The quantitative estimate of drug-likeness (QED) is 0.463. The number of benzene rings is 1. The van der Waals surface area contributed by atoms with Crippen molar-refractivity contribution >= 4 is 11.9 Å². The highest BCUT2D eigenvalue weighted by atomic mass is 19.1. The Hall–Kier alpha value is -2.57. The highest BCUT2D eigenvalue weighted by molar-refractivity contribution is 5.95. The van der Waals surface area contributed by atoms with E-state index in [4.69, 9.17) is 9.47 Å². The summed E-state index contributed by atoms with van der Waals surface area (Å²) in [5.74, 6) is -3.00. The molecule has 108 valence electrons. The molecule has 0 saturated carbocycles. The third kappa shape index (κ3) is 3.98. The van der Waals surface area contributed by atoms with Crippen molar-refractivity contribution in [3.8, 4) is 11.5 Å². The van der Waals surface area contributed by atoms with Gasteiger partial charge in [-0.2, -0.15) is 0 Å². The molecule has 20 heavy (non-hydrogen) atoms. The van der Waals surface area contributed by atoms with Gasteiger partial charge < -0.3 is 18.9 Å². The second-order valence-electron chi connectivity index (χ2n) is 3.42. The SMILES string of the molecule is COC(=O)/C=C(/Oc1ccc(OC)cc1F)C(=O)OC. The predicted octanol–water partition coefficient (Wildman–Crippen LogP) is 1.44. The van der Waals surface area contributed by atoms with Gasteiger partial charge in [0.05, 0.1) is 27.4 Å². The Morgan fingerprint density at radius 1 is 1.15 bits per heavy atom. The molecule has 0 saturated heterocycles. The standard InChI is InChI=1S/C13H13FO6/c1-17-8-4-5-10(9(14)6-8)20-11(13(16)19-3)7-12(15)18-2/h4-7H,1-3H3/b11-7+. The Morgan fingerprint density at radius 2 is 1.85 bits per heavy atom. The highest BCUT2D eigenvalue weighted by Gasteiger charge is 2.17. The number of rotatable bonds is 5. The van der Waals surface area contributed by atoms with Crippen LogP contribution in [0.1, 0.15) is 0 Å². The van der Waals surface area contributed by atoms with Crippen molar-refractivity contribution in [3.05, 3.63) is 35.9 Å². The molecule has 1 aromatic rings. The van der Waals surface area contributed by atoms with E-state index in [1.165, 1.54) is 19.2 Å². The molecule has 0 heterocycles. The first-order valence-electron chi connectivity index (χ1n) is 5.41. The summed E-state index contributed by atoms with van der Waals surface area (Å²) < 4.78 is 32.3. The summed E-state index contributed by atoms with van der Waals surface area (Å²) in [5.41, 5.74) is 0. The minimum absolute atomic E-state index is 0.258. The van der Waals surface area contributed by atoms with E-state index in [-0.39, 0.29) is 11.5 Å². The average Bonchev–Trinajstić information content (AvgIpc) is 2.47. The molecular formula is C13H13FO6. The molecule has 0 N–H and O–H groups in total. The van der Waals surface area contributed by atoms with Gasteiger partial charge in [-0.25, -0.2) is 14.0 Å². The van der Waals surface area contributed by atoms with Crippen LogP contribution in [0.2, 0.25) is 0 Å². The van der Waals surface area contributed by atoms with E-state index in [0.29, 0.717) is 0 Å².